The van der Waals surface area contributed by atoms with Gasteiger partial charge in [0.05, 0.1) is 6.54 Å². The zero-order valence-corrected chi connectivity index (χ0v) is 15.0. The highest BCUT2D eigenvalue weighted by molar-refractivity contribution is 5.94. The Morgan fingerprint density at radius 1 is 1.19 bits per heavy atom. The molecule has 1 N–H and O–H groups in total. The summed E-state index contributed by atoms with van der Waals surface area (Å²) in [7, 11) is 1.56. The number of hydrogen-bond donors (Lipinski definition) is 1. The lowest BCUT2D eigenvalue weighted by molar-refractivity contribution is -0.135. The van der Waals surface area contributed by atoms with Gasteiger partial charge in [0.2, 0.25) is 5.91 Å². The Kier molecular flexibility index (Phi) is 6.81. The van der Waals surface area contributed by atoms with Crippen molar-refractivity contribution in [1.29, 1.82) is 0 Å². The van der Waals surface area contributed by atoms with E-state index in [1.54, 1.807) is 37.4 Å². The Bertz CT molecular complexity index is 824. The van der Waals surface area contributed by atoms with Crippen molar-refractivity contribution in [2.75, 3.05) is 25.5 Å². The number of anilines is 1. The molecule has 0 fully saturated rings. The number of terminal acetylenes is 1. The maximum Gasteiger partial charge on any atom is 0.260 e. The van der Waals surface area contributed by atoms with E-state index in [9.17, 15) is 9.59 Å². The van der Waals surface area contributed by atoms with Crippen molar-refractivity contribution in [3.63, 3.8) is 0 Å². The van der Waals surface area contributed by atoms with E-state index in [-0.39, 0.29) is 25.0 Å². The Morgan fingerprint density at radius 2 is 1.96 bits per heavy atom. The van der Waals surface area contributed by atoms with Crippen molar-refractivity contribution in [2.24, 2.45) is 0 Å². The normalized spacial score (nSPS) is 9.88. The smallest absolute Gasteiger partial charge is 0.260 e. The number of benzene rings is 2. The molecule has 2 aromatic rings. The fraction of sp³-hybridized carbons (Fsp3) is 0.238. The maximum absolute atomic E-state index is 12.2. The third kappa shape index (κ3) is 5.67. The largest absolute Gasteiger partial charge is 0.484 e. The van der Waals surface area contributed by atoms with Gasteiger partial charge in [-0.1, -0.05) is 31.0 Å². The number of nitrogens with zero attached hydrogens (tertiary/aromatic N) is 1. The molecule has 0 radical (unpaired) electrons. The highest BCUT2D eigenvalue weighted by atomic mass is 16.5. The van der Waals surface area contributed by atoms with E-state index < -0.39 is 0 Å². The van der Waals surface area contributed by atoms with Crippen molar-refractivity contribution in [3.8, 4) is 18.1 Å². The van der Waals surface area contributed by atoms with E-state index >= 15 is 0 Å². The molecule has 0 aliphatic rings. The molecule has 26 heavy (non-hydrogen) atoms. The Balaban J connectivity index is 1.83. The lowest BCUT2D eigenvalue weighted by Gasteiger charge is -2.17. The molecule has 0 aliphatic carbocycles. The van der Waals surface area contributed by atoms with Crippen LogP contribution in [0.1, 0.15) is 18.1 Å². The zero-order valence-electron chi connectivity index (χ0n) is 15.0. The quantitative estimate of drug-likeness (QED) is 0.781. The van der Waals surface area contributed by atoms with E-state index in [1.165, 1.54) is 4.90 Å². The van der Waals surface area contributed by atoms with Crippen molar-refractivity contribution < 1.29 is 14.3 Å². The monoisotopic (exact) mass is 350 g/mol. The Hall–Kier alpha value is -3.26. The molecule has 5 nitrogen and oxygen atoms in total. The van der Waals surface area contributed by atoms with Crippen LogP contribution in [-0.4, -0.2) is 36.9 Å². The summed E-state index contributed by atoms with van der Waals surface area (Å²) in [6.07, 6.45) is 6.23. The average molecular weight is 350 g/mol. The van der Waals surface area contributed by atoms with Crippen LogP contribution in [0.5, 0.6) is 5.75 Å². The van der Waals surface area contributed by atoms with Gasteiger partial charge in [-0.05, 0) is 42.3 Å². The van der Waals surface area contributed by atoms with E-state index in [0.717, 1.165) is 12.0 Å². The summed E-state index contributed by atoms with van der Waals surface area (Å²) in [5, 5.41) is 2.72. The highest BCUT2D eigenvalue weighted by Gasteiger charge is 2.14. The minimum atomic E-state index is -0.303. The summed E-state index contributed by atoms with van der Waals surface area (Å²) in [5.74, 6) is 2.57. The lowest BCUT2D eigenvalue weighted by atomic mass is 10.2. The summed E-state index contributed by atoms with van der Waals surface area (Å²) < 4.78 is 5.52. The topological polar surface area (TPSA) is 58.6 Å². The number of nitrogens with one attached hydrogen (secondary N) is 1. The zero-order chi connectivity index (χ0) is 18.9. The van der Waals surface area contributed by atoms with E-state index in [0.29, 0.717) is 17.0 Å². The first-order valence-electron chi connectivity index (χ1n) is 8.34. The van der Waals surface area contributed by atoms with Crippen LogP contribution in [0.4, 0.5) is 5.69 Å². The fourth-order valence-corrected chi connectivity index (χ4v) is 2.30. The Morgan fingerprint density at radius 3 is 2.69 bits per heavy atom. The number of amides is 2. The van der Waals surface area contributed by atoms with Gasteiger partial charge >= 0.3 is 0 Å². The molecule has 2 amide bonds. The molecule has 0 spiro atoms. The first-order valence-corrected chi connectivity index (χ1v) is 8.34. The fourth-order valence-electron chi connectivity index (χ4n) is 2.30. The molecule has 0 aliphatic heterocycles. The summed E-state index contributed by atoms with van der Waals surface area (Å²) in [6, 6.07) is 14.6. The number of rotatable bonds is 7. The molecule has 134 valence electrons. The van der Waals surface area contributed by atoms with Crippen LogP contribution in [0.3, 0.4) is 0 Å². The van der Waals surface area contributed by atoms with Crippen LogP contribution < -0.4 is 10.1 Å². The number of aryl methyl sites for hydroxylation is 1. The van der Waals surface area contributed by atoms with E-state index in [4.69, 9.17) is 11.2 Å². The standard InChI is InChI=1S/C21H22N2O3/c1-4-16-8-6-10-18(12-16)22-20(24)14-23(3)21(25)15-26-19-11-7-9-17(5-2)13-19/h1,6-13H,5,14-15H2,2-3H3,(H,22,24). The summed E-state index contributed by atoms with van der Waals surface area (Å²) in [6.45, 7) is 1.86. The van der Waals surface area contributed by atoms with Gasteiger partial charge in [0.25, 0.3) is 5.91 Å². The van der Waals surface area contributed by atoms with Gasteiger partial charge in [-0.15, -0.1) is 6.42 Å². The van der Waals surface area contributed by atoms with Crippen molar-refractivity contribution in [2.45, 2.75) is 13.3 Å². The van der Waals surface area contributed by atoms with Crippen LogP contribution in [0.15, 0.2) is 48.5 Å². The predicted molar refractivity (Wildman–Crippen MR) is 102 cm³/mol. The molecular formula is C21H22N2O3. The number of likely N-dealkylation sites (N-methyl/N-ethyl adjacent to an activating group) is 1. The molecule has 0 aromatic heterocycles. The summed E-state index contributed by atoms with van der Waals surface area (Å²) in [5.41, 5.74) is 2.41. The molecular weight excluding hydrogens is 328 g/mol. The SMILES string of the molecule is C#Cc1cccc(NC(=O)CN(C)C(=O)COc2cccc(CC)c2)c1. The van der Waals surface area contributed by atoms with Gasteiger partial charge in [0, 0.05) is 18.3 Å². The first-order chi connectivity index (χ1) is 12.5. The molecule has 0 unspecified atom stereocenters. The van der Waals surface area contributed by atoms with Crippen LogP contribution in [-0.2, 0) is 16.0 Å². The molecule has 0 bridgehead atoms. The molecule has 0 saturated heterocycles. The van der Waals surface area contributed by atoms with Gasteiger partial charge < -0.3 is 15.0 Å². The number of ether oxygens (including phenoxy) is 1. The third-order valence-electron chi connectivity index (χ3n) is 3.79. The maximum atomic E-state index is 12.2. The predicted octanol–water partition coefficient (Wildman–Crippen LogP) is 2.71. The van der Waals surface area contributed by atoms with Gasteiger partial charge in [-0.2, -0.15) is 0 Å². The molecule has 0 saturated carbocycles. The number of hydrogen-bond acceptors (Lipinski definition) is 3. The molecule has 2 rings (SSSR count). The second-order valence-electron chi connectivity index (χ2n) is 5.81. The lowest BCUT2D eigenvalue weighted by Crippen LogP contribution is -2.37. The summed E-state index contributed by atoms with van der Waals surface area (Å²) in [4.78, 5) is 25.6. The molecule has 2 aromatic carbocycles. The van der Waals surface area contributed by atoms with E-state index in [2.05, 4.69) is 18.2 Å². The van der Waals surface area contributed by atoms with Crippen LogP contribution in [0, 0.1) is 12.3 Å². The van der Waals surface area contributed by atoms with Crippen molar-refractivity contribution >= 4 is 17.5 Å². The van der Waals surface area contributed by atoms with Gasteiger partial charge in [-0.25, -0.2) is 0 Å². The van der Waals surface area contributed by atoms with Crippen molar-refractivity contribution in [3.05, 3.63) is 59.7 Å². The van der Waals surface area contributed by atoms with Gasteiger partial charge in [0.1, 0.15) is 5.75 Å². The van der Waals surface area contributed by atoms with Crippen molar-refractivity contribution in [1.82, 2.24) is 4.90 Å². The first kappa shape index (κ1) is 19.1. The second-order valence-corrected chi connectivity index (χ2v) is 5.81. The third-order valence-corrected chi connectivity index (χ3v) is 3.79. The molecule has 0 atom stereocenters. The number of carbonyl (C=O) groups excluding carboxylic acids is 2. The van der Waals surface area contributed by atoms with Gasteiger partial charge in [-0.3, -0.25) is 9.59 Å². The highest BCUT2D eigenvalue weighted by Crippen LogP contribution is 2.14. The van der Waals surface area contributed by atoms with Gasteiger partial charge in [0.15, 0.2) is 6.61 Å². The van der Waals surface area contributed by atoms with Crippen LogP contribution in [0.2, 0.25) is 0 Å². The number of carbonyl (C=O) groups is 2. The Labute approximate surface area is 154 Å². The molecule has 0 heterocycles. The minimum Gasteiger partial charge on any atom is -0.484 e. The molecule has 5 heteroatoms. The second kappa shape index (κ2) is 9.28. The van der Waals surface area contributed by atoms with Crippen LogP contribution >= 0.6 is 0 Å². The summed E-state index contributed by atoms with van der Waals surface area (Å²) >= 11 is 0. The van der Waals surface area contributed by atoms with E-state index in [1.807, 2.05) is 18.2 Å². The van der Waals surface area contributed by atoms with Crippen LogP contribution in [0.25, 0.3) is 0 Å². The minimum absolute atomic E-state index is 0.0720. The average Bonchev–Trinajstić information content (AvgIpc) is 2.66.